The highest BCUT2D eigenvalue weighted by atomic mass is 79.9. The molecule has 0 aliphatic rings. The molecule has 0 radical (unpaired) electrons. The molecule has 0 spiro atoms. The highest BCUT2D eigenvalue weighted by Crippen LogP contribution is 2.32. The van der Waals surface area contributed by atoms with E-state index in [9.17, 15) is 4.79 Å². The number of aromatic nitrogens is 3. The van der Waals surface area contributed by atoms with Crippen LogP contribution in [-0.4, -0.2) is 26.0 Å². The number of hydrogen-bond acceptors (Lipinski definition) is 4. The molecule has 6 nitrogen and oxygen atoms in total. The molecular formula is C9H8BrN3O3. The fourth-order valence-corrected chi connectivity index (χ4v) is 1.93. The summed E-state index contributed by atoms with van der Waals surface area (Å²) < 4.78 is 6.96. The molecule has 0 unspecified atom stereocenters. The van der Waals surface area contributed by atoms with E-state index in [1.165, 1.54) is 0 Å². The van der Waals surface area contributed by atoms with E-state index in [1.54, 1.807) is 17.9 Å². The third kappa shape index (κ3) is 1.63. The molecule has 84 valence electrons. The Morgan fingerprint density at radius 1 is 1.62 bits per heavy atom. The van der Waals surface area contributed by atoms with E-state index >= 15 is 0 Å². The van der Waals surface area contributed by atoms with Crippen molar-refractivity contribution in [1.29, 1.82) is 0 Å². The molecule has 2 heterocycles. The minimum Gasteiger partial charge on any atom is -0.476 e. The Morgan fingerprint density at radius 2 is 2.31 bits per heavy atom. The van der Waals surface area contributed by atoms with Gasteiger partial charge in [0.05, 0.1) is 11.3 Å². The molecule has 7 heteroatoms. The fourth-order valence-electron chi connectivity index (χ4n) is 1.40. The lowest BCUT2D eigenvalue weighted by atomic mass is 10.2. The first-order chi connectivity index (χ1) is 7.50. The maximum Gasteiger partial charge on any atom is 0.359 e. The van der Waals surface area contributed by atoms with Gasteiger partial charge in [-0.2, -0.15) is 5.10 Å². The molecule has 0 aromatic carbocycles. The van der Waals surface area contributed by atoms with Crippen LogP contribution in [0.3, 0.4) is 0 Å². The molecule has 1 N–H and O–H groups in total. The van der Waals surface area contributed by atoms with E-state index in [0.29, 0.717) is 10.2 Å². The summed E-state index contributed by atoms with van der Waals surface area (Å²) in [6.45, 7) is 1.81. The van der Waals surface area contributed by atoms with Crippen LogP contribution in [-0.2, 0) is 7.05 Å². The first kappa shape index (κ1) is 10.9. The summed E-state index contributed by atoms with van der Waals surface area (Å²) >= 11 is 3.16. The minimum atomic E-state index is -1.14. The lowest BCUT2D eigenvalue weighted by Gasteiger charge is -1.91. The number of aromatic carboxylic acids is 1. The zero-order valence-electron chi connectivity index (χ0n) is 8.56. The van der Waals surface area contributed by atoms with Crippen LogP contribution in [0, 0.1) is 6.92 Å². The lowest BCUT2D eigenvalue weighted by molar-refractivity contribution is 0.0685. The summed E-state index contributed by atoms with van der Waals surface area (Å²) in [6.07, 6.45) is 1.74. The fraction of sp³-hybridized carbons (Fsp3) is 0.222. The van der Waals surface area contributed by atoms with Crippen LogP contribution >= 0.6 is 15.9 Å². The topological polar surface area (TPSA) is 81.2 Å². The minimum absolute atomic E-state index is 0.141. The predicted octanol–water partition coefficient (Wildman–Crippen LogP) is 1.84. The van der Waals surface area contributed by atoms with Crippen molar-refractivity contribution in [2.24, 2.45) is 7.05 Å². The van der Waals surface area contributed by atoms with Crippen LogP contribution in [0.5, 0.6) is 0 Å². The van der Waals surface area contributed by atoms with Gasteiger partial charge in [0.15, 0.2) is 5.76 Å². The first-order valence-corrected chi connectivity index (χ1v) is 5.19. The number of carbonyl (C=O) groups is 1. The van der Waals surface area contributed by atoms with Crippen molar-refractivity contribution in [1.82, 2.24) is 14.9 Å². The summed E-state index contributed by atoms with van der Waals surface area (Å²) in [5.41, 5.74) is 1.32. The molecule has 2 aromatic heterocycles. The Kier molecular flexibility index (Phi) is 2.55. The van der Waals surface area contributed by atoms with Crippen LogP contribution in [0.15, 0.2) is 15.2 Å². The van der Waals surface area contributed by atoms with Crippen LogP contribution in [0.2, 0.25) is 0 Å². The summed E-state index contributed by atoms with van der Waals surface area (Å²) in [6, 6.07) is 0. The van der Waals surface area contributed by atoms with Gasteiger partial charge in [-0.25, -0.2) is 4.79 Å². The Hall–Kier alpha value is -1.63. The maximum atomic E-state index is 10.8. The molecule has 0 amide bonds. The van der Waals surface area contributed by atoms with Crippen molar-refractivity contribution >= 4 is 21.9 Å². The van der Waals surface area contributed by atoms with Gasteiger partial charge in [-0.3, -0.25) is 4.68 Å². The van der Waals surface area contributed by atoms with Gasteiger partial charge < -0.3 is 9.63 Å². The number of rotatable bonds is 2. The number of hydrogen-bond donors (Lipinski definition) is 1. The smallest absolute Gasteiger partial charge is 0.359 e. The zero-order valence-corrected chi connectivity index (χ0v) is 10.1. The predicted molar refractivity (Wildman–Crippen MR) is 58.1 cm³/mol. The Bertz CT molecular complexity index is 558. The monoisotopic (exact) mass is 285 g/mol. The van der Waals surface area contributed by atoms with E-state index in [2.05, 4.69) is 26.2 Å². The molecule has 0 saturated heterocycles. The number of nitrogens with zero attached hydrogens (tertiary/aromatic N) is 3. The third-order valence-electron chi connectivity index (χ3n) is 2.10. The van der Waals surface area contributed by atoms with Gasteiger partial charge in [0.1, 0.15) is 4.47 Å². The Balaban J connectivity index is 2.57. The molecule has 16 heavy (non-hydrogen) atoms. The van der Waals surface area contributed by atoms with E-state index in [0.717, 1.165) is 11.3 Å². The van der Waals surface area contributed by atoms with Gasteiger partial charge in [0.25, 0.3) is 0 Å². The first-order valence-electron chi connectivity index (χ1n) is 4.39. The van der Waals surface area contributed by atoms with Crippen molar-refractivity contribution in [2.75, 3.05) is 0 Å². The number of aryl methyl sites for hydroxylation is 2. The average Bonchev–Trinajstić information content (AvgIpc) is 2.69. The van der Waals surface area contributed by atoms with Gasteiger partial charge >= 0.3 is 5.97 Å². The molecular weight excluding hydrogens is 278 g/mol. The van der Waals surface area contributed by atoms with Crippen LogP contribution in [0.25, 0.3) is 11.3 Å². The van der Waals surface area contributed by atoms with E-state index in [4.69, 9.17) is 9.63 Å². The third-order valence-corrected chi connectivity index (χ3v) is 2.83. The highest BCUT2D eigenvalue weighted by molar-refractivity contribution is 9.10. The van der Waals surface area contributed by atoms with Gasteiger partial charge in [-0.1, -0.05) is 5.16 Å². The van der Waals surface area contributed by atoms with Crippen LogP contribution < -0.4 is 0 Å². The normalized spacial score (nSPS) is 10.7. The lowest BCUT2D eigenvalue weighted by Crippen LogP contribution is -1.96. The van der Waals surface area contributed by atoms with Crippen molar-refractivity contribution in [3.63, 3.8) is 0 Å². The zero-order chi connectivity index (χ0) is 11.9. The van der Waals surface area contributed by atoms with Crippen molar-refractivity contribution in [3.05, 3.63) is 22.1 Å². The maximum absolute atomic E-state index is 10.8. The van der Waals surface area contributed by atoms with Crippen LogP contribution in [0.4, 0.5) is 0 Å². The Morgan fingerprint density at radius 3 is 2.75 bits per heavy atom. The van der Waals surface area contributed by atoms with Crippen molar-refractivity contribution in [3.8, 4) is 11.3 Å². The van der Waals surface area contributed by atoms with Crippen molar-refractivity contribution < 1.29 is 14.4 Å². The molecule has 0 atom stereocenters. The molecule has 0 aliphatic carbocycles. The molecule has 2 rings (SSSR count). The van der Waals surface area contributed by atoms with E-state index < -0.39 is 5.97 Å². The molecule has 0 aliphatic heterocycles. The summed E-state index contributed by atoms with van der Waals surface area (Å²) in [4.78, 5) is 10.8. The van der Waals surface area contributed by atoms with Gasteiger partial charge in [0, 0.05) is 13.2 Å². The summed E-state index contributed by atoms with van der Waals surface area (Å²) in [7, 11) is 1.78. The average molecular weight is 286 g/mol. The van der Waals surface area contributed by atoms with Gasteiger partial charge in [-0.15, -0.1) is 0 Å². The second-order valence-electron chi connectivity index (χ2n) is 3.28. The molecule has 0 saturated carbocycles. The standard InChI is InChI=1S/C9H8BrN3O3/c1-4-5(3-13(2)11-4)8-6(10)7(9(14)15)12-16-8/h3H,1-2H3,(H,14,15). The SMILES string of the molecule is Cc1nn(C)cc1-c1onc(C(=O)O)c1Br. The van der Waals surface area contributed by atoms with Crippen LogP contribution in [0.1, 0.15) is 16.2 Å². The largest absolute Gasteiger partial charge is 0.476 e. The molecule has 0 fully saturated rings. The quantitative estimate of drug-likeness (QED) is 0.911. The Labute approximate surface area is 99.0 Å². The highest BCUT2D eigenvalue weighted by Gasteiger charge is 2.22. The number of carboxylic acid groups (broad SMARTS) is 1. The second kappa shape index (κ2) is 3.75. The summed E-state index contributed by atoms with van der Waals surface area (Å²) in [5.74, 6) is -0.758. The second-order valence-corrected chi connectivity index (χ2v) is 4.07. The van der Waals surface area contributed by atoms with Gasteiger partial charge in [0.2, 0.25) is 5.69 Å². The van der Waals surface area contributed by atoms with Gasteiger partial charge in [-0.05, 0) is 22.9 Å². The van der Waals surface area contributed by atoms with E-state index in [-0.39, 0.29) is 5.69 Å². The number of halogens is 1. The van der Waals surface area contributed by atoms with E-state index in [1.807, 2.05) is 6.92 Å². The molecule has 2 aromatic rings. The van der Waals surface area contributed by atoms with Crippen molar-refractivity contribution in [2.45, 2.75) is 6.92 Å². The summed E-state index contributed by atoms with van der Waals surface area (Å²) in [5, 5.41) is 16.5. The molecule has 0 bridgehead atoms. The number of carboxylic acids is 1.